The molecule has 3 nitrogen and oxygen atoms in total. The fourth-order valence-electron chi connectivity index (χ4n) is 2.72. The van der Waals surface area contributed by atoms with Gasteiger partial charge in [-0.2, -0.15) is 0 Å². The predicted molar refractivity (Wildman–Crippen MR) is 87.1 cm³/mol. The Hall–Kier alpha value is -0.940. The normalized spacial score (nSPS) is 24.0. The number of imidazole rings is 1. The van der Waals surface area contributed by atoms with Gasteiger partial charge in [-0.25, -0.2) is 4.98 Å². The Balaban J connectivity index is 2.03. The van der Waals surface area contributed by atoms with Crippen LogP contribution in [0.4, 0.5) is 0 Å². The van der Waals surface area contributed by atoms with E-state index in [1.165, 1.54) is 0 Å². The van der Waals surface area contributed by atoms with Gasteiger partial charge >= 0.3 is 0 Å². The van der Waals surface area contributed by atoms with Gasteiger partial charge in [-0.05, 0) is 18.6 Å². The molecule has 0 aliphatic carbocycles. The van der Waals surface area contributed by atoms with Crippen molar-refractivity contribution in [3.05, 3.63) is 59.1 Å². The molecular weight excluding hydrogens is 327 g/mol. The van der Waals surface area contributed by atoms with E-state index in [-0.39, 0.29) is 0 Å². The molecule has 1 aliphatic rings. The van der Waals surface area contributed by atoms with Crippen LogP contribution in [0.25, 0.3) is 0 Å². The van der Waals surface area contributed by atoms with Crippen LogP contribution in [0.1, 0.15) is 18.1 Å². The monoisotopic (exact) mass is 340 g/mol. The summed E-state index contributed by atoms with van der Waals surface area (Å²) >= 11 is 14.0. The van der Waals surface area contributed by atoms with E-state index in [0.29, 0.717) is 23.0 Å². The summed E-state index contributed by atoms with van der Waals surface area (Å²) in [5.74, 6) is 0. The van der Waals surface area contributed by atoms with E-state index in [1.54, 1.807) is 30.4 Å². The molecule has 1 N–H and O–H groups in total. The summed E-state index contributed by atoms with van der Waals surface area (Å²) in [6.07, 6.45) is 7.16. The number of aromatic nitrogens is 2. The lowest BCUT2D eigenvalue weighted by Gasteiger charge is -2.31. The number of halogens is 2. The molecule has 0 amide bonds. The Morgan fingerprint density at radius 1 is 1.48 bits per heavy atom. The first-order valence-electron chi connectivity index (χ1n) is 6.48. The number of rotatable bonds is 4. The zero-order chi connectivity index (χ0) is 15.0. The smallest absolute Gasteiger partial charge is 0.0985 e. The molecule has 0 saturated heterocycles. The number of hydrogen-bond acceptors (Lipinski definition) is 3. The lowest BCUT2D eigenvalue weighted by atomic mass is 9.92. The molecule has 3 rings (SSSR count). The minimum absolute atomic E-state index is 0.445. The molecule has 110 valence electrons. The third kappa shape index (κ3) is 2.61. The Morgan fingerprint density at radius 3 is 2.95 bits per heavy atom. The van der Waals surface area contributed by atoms with Gasteiger partial charge in [-0.1, -0.05) is 29.3 Å². The van der Waals surface area contributed by atoms with E-state index in [2.05, 4.69) is 11.6 Å². The maximum atomic E-state index is 10.9. The summed E-state index contributed by atoms with van der Waals surface area (Å²) in [4.78, 5) is 4.99. The van der Waals surface area contributed by atoms with Crippen molar-refractivity contribution in [2.24, 2.45) is 0 Å². The van der Waals surface area contributed by atoms with Gasteiger partial charge < -0.3 is 9.67 Å². The second kappa shape index (κ2) is 5.69. The molecule has 6 heteroatoms. The zero-order valence-corrected chi connectivity index (χ0v) is 13.5. The number of aliphatic hydroxyl groups is 1. The molecule has 1 aromatic heterocycles. The molecule has 2 atom stereocenters. The van der Waals surface area contributed by atoms with Crippen molar-refractivity contribution < 1.29 is 5.11 Å². The number of fused-ring (bicyclic) bond motifs is 1. The maximum Gasteiger partial charge on any atom is 0.0985 e. The van der Waals surface area contributed by atoms with Gasteiger partial charge in [0.1, 0.15) is 0 Å². The van der Waals surface area contributed by atoms with E-state index < -0.39 is 10.9 Å². The molecule has 2 heterocycles. The first-order valence-corrected chi connectivity index (χ1v) is 8.05. The van der Waals surface area contributed by atoms with Crippen LogP contribution in [0.5, 0.6) is 0 Å². The lowest BCUT2D eigenvalue weighted by Crippen LogP contribution is -2.33. The number of thioether (sulfide) groups is 1. The topological polar surface area (TPSA) is 38.0 Å². The van der Waals surface area contributed by atoms with Crippen molar-refractivity contribution in [3.63, 3.8) is 0 Å². The Bertz CT molecular complexity index is 675. The van der Waals surface area contributed by atoms with E-state index in [4.69, 9.17) is 23.2 Å². The SMILES string of the molecule is C=CCC1(Cn2ccnc2)Sc2cc(Cl)cc(Cl)c2C1O. The molecule has 1 aliphatic heterocycles. The van der Waals surface area contributed by atoms with Gasteiger partial charge in [0, 0.05) is 39.4 Å². The Labute approximate surface area is 137 Å². The summed E-state index contributed by atoms with van der Waals surface area (Å²) < 4.78 is 1.51. The molecule has 21 heavy (non-hydrogen) atoms. The van der Waals surface area contributed by atoms with Gasteiger partial charge in [-0.3, -0.25) is 0 Å². The van der Waals surface area contributed by atoms with Gasteiger partial charge in [0.15, 0.2) is 0 Å². The fraction of sp³-hybridized carbons (Fsp3) is 0.267. The zero-order valence-electron chi connectivity index (χ0n) is 11.2. The molecule has 1 aromatic carbocycles. The van der Waals surface area contributed by atoms with Crippen LogP contribution in [0, 0.1) is 0 Å². The van der Waals surface area contributed by atoms with Crippen LogP contribution in [0.3, 0.4) is 0 Å². The highest BCUT2D eigenvalue weighted by atomic mass is 35.5. The van der Waals surface area contributed by atoms with Crippen molar-refractivity contribution in [3.8, 4) is 0 Å². The van der Waals surface area contributed by atoms with E-state index in [0.717, 1.165) is 10.5 Å². The summed E-state index contributed by atoms with van der Waals surface area (Å²) in [6, 6.07) is 3.53. The van der Waals surface area contributed by atoms with E-state index >= 15 is 0 Å². The maximum absolute atomic E-state index is 10.9. The second-order valence-electron chi connectivity index (χ2n) is 5.10. The van der Waals surface area contributed by atoms with Crippen LogP contribution in [0.2, 0.25) is 10.0 Å². The highest BCUT2D eigenvalue weighted by Crippen LogP contribution is 2.57. The highest BCUT2D eigenvalue weighted by Gasteiger charge is 2.47. The predicted octanol–water partition coefficient (Wildman–Crippen LogP) is 4.34. The third-order valence-electron chi connectivity index (χ3n) is 3.64. The standard InChI is InChI=1S/C15H14Cl2N2OS/c1-2-3-15(8-19-5-4-18-9-19)14(20)13-11(17)6-10(16)7-12(13)21-15/h2,4-7,9,14,20H,1,3,8H2. The molecule has 0 radical (unpaired) electrons. The van der Waals surface area contributed by atoms with E-state index in [9.17, 15) is 5.11 Å². The Kier molecular flexibility index (Phi) is 4.06. The molecule has 0 spiro atoms. The quantitative estimate of drug-likeness (QED) is 0.841. The van der Waals surface area contributed by atoms with Crippen molar-refractivity contribution in [1.29, 1.82) is 0 Å². The number of nitrogens with zero attached hydrogens (tertiary/aromatic N) is 2. The molecule has 0 fully saturated rings. The summed E-state index contributed by atoms with van der Waals surface area (Å²) in [5, 5.41) is 12.0. The van der Waals surface area contributed by atoms with Crippen LogP contribution < -0.4 is 0 Å². The Morgan fingerprint density at radius 2 is 2.29 bits per heavy atom. The number of allylic oxidation sites excluding steroid dienone is 1. The second-order valence-corrected chi connectivity index (χ2v) is 7.40. The number of benzene rings is 1. The van der Waals surface area contributed by atoms with Crippen LogP contribution in [0.15, 0.2) is 48.4 Å². The van der Waals surface area contributed by atoms with Gasteiger partial charge in [0.2, 0.25) is 0 Å². The van der Waals surface area contributed by atoms with Crippen LogP contribution in [-0.4, -0.2) is 19.4 Å². The fourth-order valence-corrected chi connectivity index (χ4v) is 5.04. The van der Waals surface area contributed by atoms with Gasteiger partial charge in [0.25, 0.3) is 0 Å². The van der Waals surface area contributed by atoms with Crippen molar-refractivity contribution in [2.75, 3.05) is 0 Å². The first kappa shape index (κ1) is 15.0. The number of aliphatic hydroxyl groups excluding tert-OH is 1. The first-order chi connectivity index (χ1) is 10.1. The highest BCUT2D eigenvalue weighted by molar-refractivity contribution is 8.01. The minimum Gasteiger partial charge on any atom is -0.387 e. The van der Waals surface area contributed by atoms with Gasteiger partial charge in [0.05, 0.1) is 17.2 Å². The molecular formula is C15H14Cl2N2OS. The summed E-state index contributed by atoms with van der Waals surface area (Å²) in [7, 11) is 0. The average Bonchev–Trinajstić information content (AvgIpc) is 2.98. The van der Waals surface area contributed by atoms with Crippen molar-refractivity contribution >= 4 is 35.0 Å². The van der Waals surface area contributed by atoms with E-state index in [1.807, 2.05) is 22.9 Å². The van der Waals surface area contributed by atoms with Crippen molar-refractivity contribution in [1.82, 2.24) is 9.55 Å². The largest absolute Gasteiger partial charge is 0.387 e. The summed E-state index contributed by atoms with van der Waals surface area (Å²) in [5.41, 5.74) is 0.757. The molecule has 2 aromatic rings. The number of hydrogen-bond donors (Lipinski definition) is 1. The van der Waals surface area contributed by atoms with Gasteiger partial charge in [-0.15, -0.1) is 18.3 Å². The lowest BCUT2D eigenvalue weighted by molar-refractivity contribution is 0.124. The van der Waals surface area contributed by atoms with Crippen LogP contribution >= 0.6 is 35.0 Å². The molecule has 0 saturated carbocycles. The van der Waals surface area contributed by atoms with Crippen molar-refractivity contribution in [2.45, 2.75) is 28.7 Å². The average molecular weight is 341 g/mol. The van der Waals surface area contributed by atoms with Crippen LogP contribution in [-0.2, 0) is 6.54 Å². The molecule has 0 bridgehead atoms. The summed E-state index contributed by atoms with van der Waals surface area (Å²) in [6.45, 7) is 4.45. The molecule has 2 unspecified atom stereocenters. The third-order valence-corrected chi connectivity index (χ3v) is 5.65. The minimum atomic E-state index is -0.678.